The molecule has 25 heavy (non-hydrogen) atoms. The van der Waals surface area contributed by atoms with Crippen molar-refractivity contribution in [2.75, 3.05) is 14.2 Å². The van der Waals surface area contributed by atoms with Crippen LogP contribution in [0, 0.1) is 17.1 Å². The summed E-state index contributed by atoms with van der Waals surface area (Å²) in [5.74, 6) is 0.304. The molecule has 0 aliphatic carbocycles. The zero-order valence-corrected chi connectivity index (χ0v) is 13.9. The highest BCUT2D eigenvalue weighted by Gasteiger charge is 2.11. The summed E-state index contributed by atoms with van der Waals surface area (Å²) in [5.41, 5.74) is 1.24. The van der Waals surface area contributed by atoms with Crippen LogP contribution in [-0.4, -0.2) is 20.1 Å². The van der Waals surface area contributed by atoms with Crippen LogP contribution in [0.5, 0.6) is 11.5 Å². The molecular weight excluding hydrogens is 323 g/mol. The van der Waals surface area contributed by atoms with Crippen LogP contribution in [0.2, 0.25) is 0 Å². The Balaban J connectivity index is 2.10. The predicted molar refractivity (Wildman–Crippen MR) is 91.4 cm³/mol. The lowest BCUT2D eigenvalue weighted by Crippen LogP contribution is -2.24. The van der Waals surface area contributed by atoms with Crippen molar-refractivity contribution < 1.29 is 18.7 Å². The Labute approximate surface area is 145 Å². The fourth-order valence-corrected chi connectivity index (χ4v) is 2.14. The van der Waals surface area contributed by atoms with Gasteiger partial charge in [0.1, 0.15) is 29.0 Å². The molecule has 0 saturated carbocycles. The van der Waals surface area contributed by atoms with Gasteiger partial charge in [-0.25, -0.2) is 4.39 Å². The number of nitrogens with one attached hydrogen (secondary N) is 1. The average Bonchev–Trinajstić information content (AvgIpc) is 2.65. The fraction of sp³-hybridized carbons (Fsp3) is 0.158. The summed E-state index contributed by atoms with van der Waals surface area (Å²) in [4.78, 5) is 12.2. The molecule has 5 nitrogen and oxygen atoms in total. The molecule has 0 saturated heterocycles. The number of rotatable bonds is 6. The molecule has 2 aromatic carbocycles. The SMILES string of the molecule is COc1ccc(CNC(=O)/C(C#N)=C/c2ccc(F)cc2)c(OC)c1. The normalized spacial score (nSPS) is 10.7. The van der Waals surface area contributed by atoms with Crippen LogP contribution < -0.4 is 14.8 Å². The van der Waals surface area contributed by atoms with E-state index in [9.17, 15) is 14.4 Å². The van der Waals surface area contributed by atoms with Crippen molar-refractivity contribution >= 4 is 12.0 Å². The Kier molecular flexibility index (Phi) is 6.13. The number of hydrogen-bond donors (Lipinski definition) is 1. The maximum absolute atomic E-state index is 12.9. The first-order valence-corrected chi connectivity index (χ1v) is 7.44. The zero-order chi connectivity index (χ0) is 18.2. The van der Waals surface area contributed by atoms with Crippen LogP contribution in [0.15, 0.2) is 48.0 Å². The molecule has 128 valence electrons. The summed E-state index contributed by atoms with van der Waals surface area (Å²) in [6, 6.07) is 12.6. The lowest BCUT2D eigenvalue weighted by atomic mass is 10.1. The number of hydrogen-bond acceptors (Lipinski definition) is 4. The van der Waals surface area contributed by atoms with Gasteiger partial charge in [-0.05, 0) is 35.9 Å². The first-order chi connectivity index (χ1) is 12.1. The lowest BCUT2D eigenvalue weighted by Gasteiger charge is -2.11. The van der Waals surface area contributed by atoms with Crippen molar-refractivity contribution in [2.24, 2.45) is 0 Å². The number of benzene rings is 2. The third-order valence-corrected chi connectivity index (χ3v) is 3.48. The maximum atomic E-state index is 12.9. The van der Waals surface area contributed by atoms with Gasteiger partial charge in [0, 0.05) is 18.2 Å². The minimum atomic E-state index is -0.523. The predicted octanol–water partition coefficient (Wildman–Crippen LogP) is 3.07. The number of nitriles is 1. The second kappa shape index (κ2) is 8.50. The van der Waals surface area contributed by atoms with E-state index in [1.165, 1.54) is 37.5 Å². The van der Waals surface area contributed by atoms with E-state index in [4.69, 9.17) is 9.47 Å². The summed E-state index contributed by atoms with van der Waals surface area (Å²) in [5, 5.41) is 11.9. The van der Waals surface area contributed by atoms with Gasteiger partial charge in [-0.2, -0.15) is 5.26 Å². The number of carbonyl (C=O) groups excluding carboxylic acids is 1. The molecule has 0 bridgehead atoms. The van der Waals surface area contributed by atoms with E-state index in [0.717, 1.165) is 5.56 Å². The third-order valence-electron chi connectivity index (χ3n) is 3.48. The molecule has 0 unspecified atom stereocenters. The van der Waals surface area contributed by atoms with Crippen molar-refractivity contribution in [3.63, 3.8) is 0 Å². The van der Waals surface area contributed by atoms with Crippen molar-refractivity contribution in [3.8, 4) is 17.6 Å². The van der Waals surface area contributed by atoms with Crippen LogP contribution >= 0.6 is 0 Å². The molecule has 1 N–H and O–H groups in total. The third kappa shape index (κ3) is 4.82. The van der Waals surface area contributed by atoms with Gasteiger partial charge < -0.3 is 14.8 Å². The van der Waals surface area contributed by atoms with Gasteiger partial charge in [0.15, 0.2) is 0 Å². The summed E-state index contributed by atoms with van der Waals surface area (Å²) < 4.78 is 23.3. The van der Waals surface area contributed by atoms with Gasteiger partial charge in [0.25, 0.3) is 5.91 Å². The molecule has 0 radical (unpaired) electrons. The Morgan fingerprint density at radius 1 is 1.20 bits per heavy atom. The van der Waals surface area contributed by atoms with Gasteiger partial charge in [-0.1, -0.05) is 12.1 Å². The Hall–Kier alpha value is -3.33. The van der Waals surface area contributed by atoms with E-state index >= 15 is 0 Å². The van der Waals surface area contributed by atoms with Crippen LogP contribution in [0.3, 0.4) is 0 Å². The first kappa shape index (κ1) is 18.0. The molecule has 0 atom stereocenters. The van der Waals surface area contributed by atoms with E-state index < -0.39 is 5.91 Å². The van der Waals surface area contributed by atoms with Crippen LogP contribution in [0.25, 0.3) is 6.08 Å². The van der Waals surface area contributed by atoms with Crippen molar-refractivity contribution in [3.05, 3.63) is 65.0 Å². The van der Waals surface area contributed by atoms with E-state index in [1.807, 2.05) is 6.07 Å². The molecule has 2 aromatic rings. The second-order valence-corrected chi connectivity index (χ2v) is 5.08. The van der Waals surface area contributed by atoms with E-state index in [2.05, 4.69) is 5.32 Å². The maximum Gasteiger partial charge on any atom is 0.262 e. The molecule has 0 aliphatic heterocycles. The van der Waals surface area contributed by atoms with Crippen LogP contribution in [0.1, 0.15) is 11.1 Å². The minimum Gasteiger partial charge on any atom is -0.497 e. The summed E-state index contributed by atoms with van der Waals surface area (Å²) >= 11 is 0. The quantitative estimate of drug-likeness (QED) is 0.648. The van der Waals surface area contributed by atoms with E-state index in [1.54, 1.807) is 25.3 Å². The highest BCUT2D eigenvalue weighted by Crippen LogP contribution is 2.24. The number of ether oxygens (including phenoxy) is 2. The van der Waals surface area contributed by atoms with E-state index in [-0.39, 0.29) is 17.9 Å². The molecule has 0 aromatic heterocycles. The molecule has 6 heteroatoms. The highest BCUT2D eigenvalue weighted by molar-refractivity contribution is 6.01. The van der Waals surface area contributed by atoms with Gasteiger partial charge in [0.05, 0.1) is 14.2 Å². The number of carbonyl (C=O) groups is 1. The molecule has 0 heterocycles. The number of nitrogens with zero attached hydrogens (tertiary/aromatic N) is 1. The van der Waals surface area contributed by atoms with Gasteiger partial charge in [0.2, 0.25) is 0 Å². The summed E-state index contributed by atoms with van der Waals surface area (Å²) in [6.45, 7) is 0.189. The summed E-state index contributed by atoms with van der Waals surface area (Å²) in [6.07, 6.45) is 1.40. The van der Waals surface area contributed by atoms with Crippen LogP contribution in [0.4, 0.5) is 4.39 Å². The monoisotopic (exact) mass is 340 g/mol. The zero-order valence-electron chi connectivity index (χ0n) is 13.9. The topological polar surface area (TPSA) is 71.3 Å². The molecule has 0 fully saturated rings. The molecule has 0 aliphatic rings. The van der Waals surface area contributed by atoms with Crippen molar-refractivity contribution in [1.82, 2.24) is 5.32 Å². The number of amides is 1. The Morgan fingerprint density at radius 2 is 1.92 bits per heavy atom. The molecular formula is C19H17FN2O3. The summed E-state index contributed by atoms with van der Waals surface area (Å²) in [7, 11) is 3.07. The standard InChI is InChI=1S/C19H17FN2O3/c1-24-17-8-5-14(18(10-17)25-2)12-22-19(23)15(11-21)9-13-3-6-16(20)7-4-13/h3-10H,12H2,1-2H3,(H,22,23)/b15-9+. The van der Waals surface area contributed by atoms with Crippen LogP contribution in [-0.2, 0) is 11.3 Å². The molecule has 2 rings (SSSR count). The Morgan fingerprint density at radius 3 is 2.52 bits per heavy atom. The fourth-order valence-electron chi connectivity index (χ4n) is 2.14. The number of methoxy groups -OCH3 is 2. The molecule has 1 amide bonds. The van der Waals surface area contributed by atoms with Gasteiger partial charge >= 0.3 is 0 Å². The van der Waals surface area contributed by atoms with Gasteiger partial charge in [-0.3, -0.25) is 4.79 Å². The largest absolute Gasteiger partial charge is 0.497 e. The smallest absolute Gasteiger partial charge is 0.262 e. The first-order valence-electron chi connectivity index (χ1n) is 7.44. The minimum absolute atomic E-state index is 0.0703. The lowest BCUT2D eigenvalue weighted by molar-refractivity contribution is -0.117. The second-order valence-electron chi connectivity index (χ2n) is 5.08. The number of halogens is 1. The molecule has 0 spiro atoms. The average molecular weight is 340 g/mol. The van der Waals surface area contributed by atoms with E-state index in [0.29, 0.717) is 17.1 Å². The highest BCUT2D eigenvalue weighted by atomic mass is 19.1. The Bertz CT molecular complexity index is 824. The van der Waals surface area contributed by atoms with Crippen molar-refractivity contribution in [2.45, 2.75) is 6.54 Å². The van der Waals surface area contributed by atoms with Gasteiger partial charge in [-0.15, -0.1) is 0 Å². The van der Waals surface area contributed by atoms with Crippen molar-refractivity contribution in [1.29, 1.82) is 5.26 Å².